The third-order valence-corrected chi connectivity index (χ3v) is 8.67. The maximum absolute atomic E-state index is 13.3. The molecule has 1 fully saturated rings. The van der Waals surface area contributed by atoms with Crippen molar-refractivity contribution in [1.82, 2.24) is 9.88 Å². The molecular formula is C35H30ClF3N2O4. The molecule has 1 heterocycles. The Morgan fingerprint density at radius 3 is 2.47 bits per heavy atom. The van der Waals surface area contributed by atoms with E-state index in [4.69, 9.17) is 25.8 Å². The molecule has 6 rings (SSSR count). The zero-order valence-electron chi connectivity index (χ0n) is 24.9. The van der Waals surface area contributed by atoms with Crippen LogP contribution in [-0.4, -0.2) is 49.0 Å². The second kappa shape index (κ2) is 11.9. The Morgan fingerprint density at radius 2 is 1.76 bits per heavy atom. The maximum Gasteiger partial charge on any atom is 0.417 e. The van der Waals surface area contributed by atoms with Crippen molar-refractivity contribution >= 4 is 39.1 Å². The number of methoxy groups -OCH3 is 1. The molecule has 0 spiro atoms. The van der Waals surface area contributed by atoms with Gasteiger partial charge in [-0.3, -0.25) is 9.78 Å². The standard InChI is InChI=1S/C35H30ClF3N2O4/c1-41(2)34(12-13-34)20-44-33-19-29-26(18-32(33)43-3)31(11-14-40-29)45-23-8-9-24-22(17-23)5-4-6-25(24)30(42)16-21-7-10-28(36)27(15-21)35(37,38)39/h4-11,14-15,17-19H,12-13,16,20H2,1-3H3. The molecule has 0 aliphatic heterocycles. The van der Waals surface area contributed by atoms with Crippen LogP contribution in [0.4, 0.5) is 13.2 Å². The van der Waals surface area contributed by atoms with Gasteiger partial charge in [-0.25, -0.2) is 0 Å². The van der Waals surface area contributed by atoms with Crippen molar-refractivity contribution in [1.29, 1.82) is 0 Å². The molecule has 0 N–H and O–H groups in total. The number of likely N-dealkylation sites (N-methyl/N-ethyl adjacent to an activating group) is 1. The average molecular weight is 635 g/mol. The summed E-state index contributed by atoms with van der Waals surface area (Å²) >= 11 is 5.75. The highest BCUT2D eigenvalue weighted by molar-refractivity contribution is 6.31. The minimum Gasteiger partial charge on any atom is -0.493 e. The smallest absolute Gasteiger partial charge is 0.417 e. The van der Waals surface area contributed by atoms with Gasteiger partial charge in [0.15, 0.2) is 17.3 Å². The van der Waals surface area contributed by atoms with Crippen LogP contribution < -0.4 is 14.2 Å². The number of ketones is 1. The molecule has 4 aromatic carbocycles. The van der Waals surface area contributed by atoms with Crippen LogP contribution in [0.5, 0.6) is 23.0 Å². The van der Waals surface area contributed by atoms with Gasteiger partial charge < -0.3 is 19.1 Å². The van der Waals surface area contributed by atoms with Gasteiger partial charge in [-0.1, -0.05) is 35.9 Å². The molecule has 10 heteroatoms. The largest absolute Gasteiger partial charge is 0.493 e. The fourth-order valence-electron chi connectivity index (χ4n) is 5.44. The van der Waals surface area contributed by atoms with Crippen LogP contribution in [0, 0.1) is 0 Å². The first-order valence-electron chi connectivity index (χ1n) is 14.3. The lowest BCUT2D eigenvalue weighted by Gasteiger charge is -2.24. The molecule has 232 valence electrons. The number of aromatic nitrogens is 1. The number of carbonyl (C=O) groups excluding carboxylic acids is 1. The number of hydrogen-bond donors (Lipinski definition) is 0. The van der Waals surface area contributed by atoms with Crippen LogP contribution >= 0.6 is 11.6 Å². The predicted octanol–water partition coefficient (Wildman–Crippen LogP) is 8.76. The Hall–Kier alpha value is -4.34. The first-order chi connectivity index (χ1) is 21.5. The lowest BCUT2D eigenvalue weighted by Crippen LogP contribution is -2.35. The fraction of sp³-hybridized carbons (Fsp3) is 0.257. The first-order valence-corrected chi connectivity index (χ1v) is 14.7. The number of hydrogen-bond acceptors (Lipinski definition) is 6. The second-order valence-electron chi connectivity index (χ2n) is 11.4. The van der Waals surface area contributed by atoms with E-state index in [1.807, 2.05) is 24.3 Å². The van der Waals surface area contributed by atoms with E-state index in [0.29, 0.717) is 46.1 Å². The number of Topliss-reactive ketones (excluding diaryl/α,β-unsaturated/α-hetero) is 1. The Kier molecular flexibility index (Phi) is 8.09. The van der Waals surface area contributed by atoms with Gasteiger partial charge in [-0.15, -0.1) is 0 Å². The van der Waals surface area contributed by atoms with Crippen LogP contribution in [0.3, 0.4) is 0 Å². The fourth-order valence-corrected chi connectivity index (χ4v) is 5.67. The van der Waals surface area contributed by atoms with Crippen molar-refractivity contribution in [3.8, 4) is 23.0 Å². The summed E-state index contributed by atoms with van der Waals surface area (Å²) in [6.07, 6.45) is -0.991. The van der Waals surface area contributed by atoms with Gasteiger partial charge in [0.25, 0.3) is 0 Å². The van der Waals surface area contributed by atoms with Gasteiger partial charge >= 0.3 is 6.18 Å². The van der Waals surface area contributed by atoms with E-state index in [0.717, 1.165) is 29.7 Å². The molecule has 1 saturated carbocycles. The minimum absolute atomic E-state index is 0.0470. The van der Waals surface area contributed by atoms with E-state index in [1.54, 1.807) is 43.6 Å². The number of nitrogens with zero attached hydrogens (tertiary/aromatic N) is 2. The number of carbonyl (C=O) groups is 1. The average Bonchev–Trinajstić information content (AvgIpc) is 3.81. The van der Waals surface area contributed by atoms with Crippen LogP contribution in [0.2, 0.25) is 5.02 Å². The summed E-state index contributed by atoms with van der Waals surface area (Å²) in [5.41, 5.74) is 0.395. The van der Waals surface area contributed by atoms with E-state index in [1.165, 1.54) is 12.1 Å². The summed E-state index contributed by atoms with van der Waals surface area (Å²) in [6.45, 7) is 0.550. The number of alkyl halides is 3. The van der Waals surface area contributed by atoms with Gasteiger partial charge in [-0.05, 0) is 85.7 Å². The molecule has 0 atom stereocenters. The first kappa shape index (κ1) is 30.7. The molecule has 0 saturated heterocycles. The van der Waals surface area contributed by atoms with Crippen molar-refractivity contribution in [2.75, 3.05) is 27.8 Å². The van der Waals surface area contributed by atoms with Gasteiger partial charge in [0.2, 0.25) is 0 Å². The number of halogens is 4. The third kappa shape index (κ3) is 6.28. The van der Waals surface area contributed by atoms with Gasteiger partial charge in [0.05, 0.1) is 28.8 Å². The van der Waals surface area contributed by atoms with E-state index in [9.17, 15) is 18.0 Å². The Balaban J connectivity index is 1.25. The number of rotatable bonds is 10. The number of ether oxygens (including phenoxy) is 3. The van der Waals surface area contributed by atoms with E-state index in [2.05, 4.69) is 24.0 Å². The molecule has 1 aromatic heterocycles. The SMILES string of the molecule is COc1cc2c(Oc3ccc4c(C(=O)Cc5ccc(Cl)c(C(F)(F)F)c5)cccc4c3)ccnc2cc1OCC1(N(C)C)CC1. The zero-order chi connectivity index (χ0) is 31.9. The molecule has 0 amide bonds. The maximum atomic E-state index is 13.3. The number of pyridine rings is 1. The summed E-state index contributed by atoms with van der Waals surface area (Å²) in [6, 6.07) is 19.6. The highest BCUT2D eigenvalue weighted by atomic mass is 35.5. The van der Waals surface area contributed by atoms with Crippen molar-refractivity contribution < 1.29 is 32.2 Å². The number of benzene rings is 4. The molecule has 1 aliphatic rings. The van der Waals surface area contributed by atoms with Crippen molar-refractivity contribution in [2.24, 2.45) is 0 Å². The summed E-state index contributed by atoms with van der Waals surface area (Å²) in [7, 11) is 5.71. The zero-order valence-corrected chi connectivity index (χ0v) is 25.6. The molecule has 0 unspecified atom stereocenters. The van der Waals surface area contributed by atoms with E-state index >= 15 is 0 Å². The topological polar surface area (TPSA) is 60.9 Å². The van der Waals surface area contributed by atoms with Gasteiger partial charge in [0.1, 0.15) is 18.1 Å². The van der Waals surface area contributed by atoms with Gasteiger partial charge in [0, 0.05) is 29.6 Å². The monoisotopic (exact) mass is 634 g/mol. The van der Waals surface area contributed by atoms with Crippen LogP contribution in [0.25, 0.3) is 21.7 Å². The molecular weight excluding hydrogens is 605 g/mol. The summed E-state index contributed by atoms with van der Waals surface area (Å²) < 4.78 is 58.1. The molecule has 0 radical (unpaired) electrons. The summed E-state index contributed by atoms with van der Waals surface area (Å²) in [5.74, 6) is 1.96. The Labute approximate surface area is 263 Å². The quantitative estimate of drug-likeness (QED) is 0.143. The van der Waals surface area contributed by atoms with Crippen molar-refractivity contribution in [3.05, 3.63) is 101 Å². The van der Waals surface area contributed by atoms with E-state index < -0.39 is 16.8 Å². The Morgan fingerprint density at radius 1 is 0.956 bits per heavy atom. The Bertz CT molecular complexity index is 1920. The number of fused-ring (bicyclic) bond motifs is 2. The molecule has 5 aromatic rings. The lowest BCUT2D eigenvalue weighted by atomic mass is 9.96. The summed E-state index contributed by atoms with van der Waals surface area (Å²) in [5, 5.41) is 1.73. The van der Waals surface area contributed by atoms with E-state index in [-0.39, 0.29) is 23.3 Å². The molecule has 0 bridgehead atoms. The highest BCUT2D eigenvalue weighted by Crippen LogP contribution is 2.43. The molecule has 6 nitrogen and oxygen atoms in total. The van der Waals surface area contributed by atoms with Crippen molar-refractivity contribution in [3.63, 3.8) is 0 Å². The minimum atomic E-state index is -4.61. The predicted molar refractivity (Wildman–Crippen MR) is 168 cm³/mol. The molecule has 45 heavy (non-hydrogen) atoms. The normalized spacial score (nSPS) is 14.1. The highest BCUT2D eigenvalue weighted by Gasteiger charge is 2.45. The summed E-state index contributed by atoms with van der Waals surface area (Å²) in [4.78, 5) is 20.0. The van der Waals surface area contributed by atoms with Crippen LogP contribution in [-0.2, 0) is 12.6 Å². The van der Waals surface area contributed by atoms with Crippen LogP contribution in [0.1, 0.15) is 34.3 Å². The van der Waals surface area contributed by atoms with Gasteiger partial charge in [-0.2, -0.15) is 13.2 Å². The van der Waals surface area contributed by atoms with Crippen molar-refractivity contribution in [2.45, 2.75) is 31.0 Å². The molecule has 1 aliphatic carbocycles. The third-order valence-electron chi connectivity index (χ3n) is 8.34. The van der Waals surface area contributed by atoms with Crippen LogP contribution in [0.15, 0.2) is 79.0 Å². The lowest BCUT2D eigenvalue weighted by molar-refractivity contribution is -0.137. The second-order valence-corrected chi connectivity index (χ2v) is 11.8.